The molecular weight excluding hydrogens is 709 g/mol. The van der Waals surface area contributed by atoms with E-state index >= 15 is 0 Å². The topological polar surface area (TPSA) is 36.1 Å². The van der Waals surface area contributed by atoms with Crippen LogP contribution in [0.4, 0.5) is 0 Å². The van der Waals surface area contributed by atoms with Crippen LogP contribution in [0.2, 0.25) is 0 Å². The molecule has 0 atom stereocenters. The second-order valence-corrected chi connectivity index (χ2v) is 15.3. The van der Waals surface area contributed by atoms with Gasteiger partial charge in [-0.15, -0.1) is 0 Å². The maximum atomic E-state index is 6.45. The Morgan fingerprint density at radius 2 is 0.793 bits per heavy atom. The second-order valence-electron chi connectivity index (χ2n) is 15.3. The van der Waals surface area contributed by atoms with Gasteiger partial charge in [-0.3, -0.25) is 0 Å². The second kappa shape index (κ2) is 11.8. The Kier molecular flexibility index (Phi) is 6.41. The van der Waals surface area contributed by atoms with E-state index in [1.165, 1.54) is 54.7 Å². The highest BCUT2D eigenvalue weighted by atomic mass is 16.3. The molecule has 4 nitrogen and oxygen atoms in total. The first-order chi connectivity index (χ1) is 28.7. The van der Waals surface area contributed by atoms with Gasteiger partial charge in [0.2, 0.25) is 0 Å². The molecule has 0 saturated carbocycles. The number of hydrogen-bond donors (Lipinski definition) is 0. The number of nitrogens with zero attached hydrogens (tertiary/aromatic N) is 2. The largest absolute Gasteiger partial charge is 0.456 e. The monoisotopic (exact) mass is 740 g/mol. The summed E-state index contributed by atoms with van der Waals surface area (Å²) < 4.78 is 17.4. The van der Waals surface area contributed by atoms with Gasteiger partial charge in [-0.2, -0.15) is 0 Å². The number of furan rings is 2. The van der Waals surface area contributed by atoms with Crippen molar-refractivity contribution in [1.82, 2.24) is 9.13 Å². The lowest BCUT2D eigenvalue weighted by atomic mass is 10.0. The Morgan fingerprint density at radius 1 is 0.276 bits per heavy atom. The fraction of sp³-hybridized carbons (Fsp3) is 0. The van der Waals surface area contributed by atoms with E-state index in [4.69, 9.17) is 8.83 Å². The minimum absolute atomic E-state index is 0.901. The SMILES string of the molecule is c1cc(-c2cccc3c2oc2ccccc23)cc(-n2c3ccccc3c3cc(-c4ccc5c(c4)c4ccccc4n5-c4ccc5oc6ccccc6c5c4)ccc32)c1. The van der Waals surface area contributed by atoms with Crippen LogP contribution in [0.3, 0.4) is 0 Å². The molecule has 13 rings (SSSR count). The van der Waals surface area contributed by atoms with Crippen LogP contribution < -0.4 is 0 Å². The molecule has 0 unspecified atom stereocenters. The number of para-hydroxylation sites is 5. The zero-order valence-corrected chi connectivity index (χ0v) is 31.2. The van der Waals surface area contributed by atoms with Crippen LogP contribution in [0, 0.1) is 0 Å². The normalized spacial score (nSPS) is 12.1. The fourth-order valence-corrected chi connectivity index (χ4v) is 9.50. The maximum absolute atomic E-state index is 6.45. The third-order valence-corrected chi connectivity index (χ3v) is 12.1. The van der Waals surface area contributed by atoms with Crippen molar-refractivity contribution >= 4 is 87.5 Å². The van der Waals surface area contributed by atoms with Crippen molar-refractivity contribution in [2.45, 2.75) is 0 Å². The lowest BCUT2D eigenvalue weighted by Crippen LogP contribution is -1.94. The lowest BCUT2D eigenvalue weighted by molar-refractivity contribution is 0.669. The summed E-state index contributed by atoms with van der Waals surface area (Å²) in [5.41, 5.74) is 15.1. The average molecular weight is 741 g/mol. The summed E-state index contributed by atoms with van der Waals surface area (Å²) in [5.74, 6) is 0. The quantitative estimate of drug-likeness (QED) is 0.180. The van der Waals surface area contributed by atoms with Crippen molar-refractivity contribution in [2.24, 2.45) is 0 Å². The highest BCUT2D eigenvalue weighted by Crippen LogP contribution is 2.41. The van der Waals surface area contributed by atoms with Gasteiger partial charge in [0, 0.05) is 60.0 Å². The molecule has 0 aliphatic heterocycles. The van der Waals surface area contributed by atoms with E-state index in [9.17, 15) is 0 Å². The van der Waals surface area contributed by atoms with Crippen LogP contribution in [-0.4, -0.2) is 9.13 Å². The van der Waals surface area contributed by atoms with Gasteiger partial charge in [-0.05, 0) is 95.6 Å². The minimum atomic E-state index is 0.901. The van der Waals surface area contributed by atoms with Gasteiger partial charge in [0.25, 0.3) is 0 Å². The molecule has 270 valence electrons. The van der Waals surface area contributed by atoms with E-state index in [2.05, 4.69) is 179 Å². The van der Waals surface area contributed by atoms with Gasteiger partial charge in [-0.25, -0.2) is 0 Å². The Labute approximate surface area is 332 Å². The summed E-state index contributed by atoms with van der Waals surface area (Å²) in [4.78, 5) is 0. The summed E-state index contributed by atoms with van der Waals surface area (Å²) in [5, 5.41) is 9.43. The molecule has 0 amide bonds. The first kappa shape index (κ1) is 31.4. The molecule has 0 fully saturated rings. The van der Waals surface area contributed by atoms with Crippen molar-refractivity contribution in [1.29, 1.82) is 0 Å². The Morgan fingerprint density at radius 3 is 1.48 bits per heavy atom. The highest BCUT2D eigenvalue weighted by Gasteiger charge is 2.18. The molecule has 0 spiro atoms. The van der Waals surface area contributed by atoms with Gasteiger partial charge in [0.05, 0.1) is 22.1 Å². The molecule has 0 radical (unpaired) electrons. The van der Waals surface area contributed by atoms with E-state index in [1.54, 1.807) is 0 Å². The zero-order valence-electron chi connectivity index (χ0n) is 31.2. The molecule has 0 aliphatic carbocycles. The van der Waals surface area contributed by atoms with Crippen molar-refractivity contribution in [3.05, 3.63) is 194 Å². The van der Waals surface area contributed by atoms with E-state index in [-0.39, 0.29) is 0 Å². The lowest BCUT2D eigenvalue weighted by Gasteiger charge is -2.11. The number of rotatable bonds is 4. The summed E-state index contributed by atoms with van der Waals surface area (Å²) >= 11 is 0. The molecule has 4 heteroatoms. The van der Waals surface area contributed by atoms with Crippen molar-refractivity contribution in [3.8, 4) is 33.6 Å². The zero-order chi connectivity index (χ0) is 37.9. The predicted octanol–water partition coefficient (Wildman–Crippen LogP) is 15.0. The molecule has 0 aliphatic rings. The van der Waals surface area contributed by atoms with E-state index < -0.39 is 0 Å². The van der Waals surface area contributed by atoms with Crippen LogP contribution in [0.5, 0.6) is 0 Å². The molecule has 0 saturated heterocycles. The van der Waals surface area contributed by atoms with Crippen LogP contribution in [-0.2, 0) is 0 Å². The fourth-order valence-electron chi connectivity index (χ4n) is 9.50. The summed E-state index contributed by atoms with van der Waals surface area (Å²) in [6.07, 6.45) is 0. The van der Waals surface area contributed by atoms with Gasteiger partial charge >= 0.3 is 0 Å². The average Bonchev–Trinajstić information content (AvgIpc) is 4.03. The predicted molar refractivity (Wildman–Crippen MR) is 241 cm³/mol. The van der Waals surface area contributed by atoms with E-state index in [1.807, 2.05) is 24.3 Å². The molecule has 0 N–H and O–H groups in total. The van der Waals surface area contributed by atoms with Crippen LogP contribution in [0.1, 0.15) is 0 Å². The smallest absolute Gasteiger partial charge is 0.143 e. The van der Waals surface area contributed by atoms with Crippen molar-refractivity contribution in [2.75, 3.05) is 0 Å². The van der Waals surface area contributed by atoms with Gasteiger partial charge < -0.3 is 18.0 Å². The first-order valence-electron chi connectivity index (χ1n) is 19.7. The molecule has 4 heterocycles. The number of benzene rings is 9. The van der Waals surface area contributed by atoms with Crippen molar-refractivity contribution < 1.29 is 8.83 Å². The number of hydrogen-bond acceptors (Lipinski definition) is 2. The Balaban J connectivity index is 0.952. The molecule has 58 heavy (non-hydrogen) atoms. The van der Waals surface area contributed by atoms with Crippen LogP contribution in [0.15, 0.2) is 203 Å². The summed E-state index contributed by atoms with van der Waals surface area (Å²) in [6.45, 7) is 0. The van der Waals surface area contributed by atoms with Gasteiger partial charge in [0.1, 0.15) is 22.3 Å². The van der Waals surface area contributed by atoms with Crippen LogP contribution >= 0.6 is 0 Å². The van der Waals surface area contributed by atoms with E-state index in [0.29, 0.717) is 0 Å². The molecule has 9 aromatic carbocycles. The Hall–Kier alpha value is -7.82. The summed E-state index contributed by atoms with van der Waals surface area (Å²) in [7, 11) is 0. The van der Waals surface area contributed by atoms with Crippen molar-refractivity contribution in [3.63, 3.8) is 0 Å². The third-order valence-electron chi connectivity index (χ3n) is 12.1. The molecule has 0 bridgehead atoms. The third kappa shape index (κ3) is 4.45. The highest BCUT2D eigenvalue weighted by molar-refractivity contribution is 6.14. The molecular formula is C54H32N2O2. The standard InChI is InChI=1S/C54H32N2O2/c1-5-19-47-39(13-1)44-30-33(23-26-49(44)55(47)36-12-9-11-35(29-36)38-17-10-18-43-41-15-3-8-22-52(41)58-54(38)43)34-24-27-50-45(31-34)40-14-2-6-20-48(40)56(50)37-25-28-53-46(32-37)42-16-4-7-21-51(42)57-53/h1-32H. The number of aromatic nitrogens is 2. The minimum Gasteiger partial charge on any atom is -0.456 e. The maximum Gasteiger partial charge on any atom is 0.143 e. The van der Waals surface area contributed by atoms with Gasteiger partial charge in [0.15, 0.2) is 0 Å². The first-order valence-corrected chi connectivity index (χ1v) is 19.7. The van der Waals surface area contributed by atoms with Gasteiger partial charge in [-0.1, -0.05) is 115 Å². The molecule has 4 aromatic heterocycles. The van der Waals surface area contributed by atoms with Crippen LogP contribution in [0.25, 0.3) is 121 Å². The summed E-state index contributed by atoms with van der Waals surface area (Å²) in [6, 6.07) is 69.7. The number of fused-ring (bicyclic) bond motifs is 12. The Bertz CT molecular complexity index is 3820. The van der Waals surface area contributed by atoms with E-state index in [0.717, 1.165) is 66.4 Å². The molecule has 13 aromatic rings.